The van der Waals surface area contributed by atoms with Crippen LogP contribution in [0, 0.1) is 6.92 Å². The second kappa shape index (κ2) is 6.03. The molecule has 17 heavy (non-hydrogen) atoms. The molecule has 0 aliphatic rings. The Balaban J connectivity index is 2.90. The number of ether oxygens (including phenoxy) is 1. The van der Waals surface area contributed by atoms with Crippen LogP contribution < -0.4 is 0 Å². The Bertz CT molecular complexity index is 455. The van der Waals surface area contributed by atoms with Crippen LogP contribution in [-0.2, 0) is 9.53 Å². The molecule has 0 radical (unpaired) electrons. The lowest BCUT2D eigenvalue weighted by Gasteiger charge is -2.07. The van der Waals surface area contributed by atoms with Gasteiger partial charge in [-0.1, -0.05) is 23.2 Å². The zero-order chi connectivity index (χ0) is 13.0. The molecule has 1 rings (SSSR count). The molecule has 0 aromatic heterocycles. The average molecular weight is 275 g/mol. The fourth-order valence-corrected chi connectivity index (χ4v) is 1.79. The lowest BCUT2D eigenvalue weighted by molar-refractivity contribution is -0.141. The number of rotatable bonds is 4. The number of hydrogen-bond acceptors (Lipinski definition) is 3. The first-order valence-electron chi connectivity index (χ1n) is 5.10. The Morgan fingerprint density at radius 3 is 2.53 bits per heavy atom. The molecule has 3 nitrogen and oxygen atoms in total. The van der Waals surface area contributed by atoms with Crippen molar-refractivity contribution in [3.8, 4) is 0 Å². The largest absolute Gasteiger partial charge is 0.466 e. The summed E-state index contributed by atoms with van der Waals surface area (Å²) in [6.45, 7) is 3.65. The van der Waals surface area contributed by atoms with Crippen molar-refractivity contribution >= 4 is 35.0 Å². The molecule has 0 bridgehead atoms. The van der Waals surface area contributed by atoms with Crippen molar-refractivity contribution in [1.29, 1.82) is 0 Å². The smallest absolute Gasteiger partial charge is 0.313 e. The highest BCUT2D eigenvalue weighted by Crippen LogP contribution is 2.28. The van der Waals surface area contributed by atoms with Gasteiger partial charge >= 0.3 is 5.97 Å². The van der Waals surface area contributed by atoms with E-state index in [1.54, 1.807) is 19.9 Å². The number of ketones is 1. The van der Waals surface area contributed by atoms with Crippen LogP contribution in [0.4, 0.5) is 0 Å². The third-order valence-electron chi connectivity index (χ3n) is 2.23. The highest BCUT2D eigenvalue weighted by molar-refractivity contribution is 6.38. The zero-order valence-electron chi connectivity index (χ0n) is 9.55. The number of esters is 1. The molecule has 0 N–H and O–H groups in total. The van der Waals surface area contributed by atoms with E-state index in [0.717, 1.165) is 0 Å². The van der Waals surface area contributed by atoms with Gasteiger partial charge in [-0.3, -0.25) is 9.59 Å². The summed E-state index contributed by atoms with van der Waals surface area (Å²) < 4.78 is 4.70. The van der Waals surface area contributed by atoms with Crippen LogP contribution in [0.15, 0.2) is 12.1 Å². The van der Waals surface area contributed by atoms with Crippen molar-refractivity contribution in [2.45, 2.75) is 20.3 Å². The van der Waals surface area contributed by atoms with Gasteiger partial charge in [-0.05, 0) is 31.5 Å². The van der Waals surface area contributed by atoms with E-state index in [1.165, 1.54) is 6.07 Å². The molecular weight excluding hydrogens is 263 g/mol. The molecule has 0 saturated heterocycles. The minimum absolute atomic E-state index is 0.249. The molecule has 0 saturated carbocycles. The number of carbonyl (C=O) groups is 2. The van der Waals surface area contributed by atoms with Gasteiger partial charge in [0.1, 0.15) is 6.42 Å². The molecule has 1 aromatic rings. The van der Waals surface area contributed by atoms with Crippen molar-refractivity contribution < 1.29 is 14.3 Å². The number of benzene rings is 1. The average Bonchev–Trinajstić information content (AvgIpc) is 2.26. The van der Waals surface area contributed by atoms with Gasteiger partial charge in [-0.2, -0.15) is 0 Å². The molecule has 0 amide bonds. The summed E-state index contributed by atoms with van der Waals surface area (Å²) in [5.41, 5.74) is 0.921. The van der Waals surface area contributed by atoms with Gasteiger partial charge in [-0.15, -0.1) is 0 Å². The Kier molecular flexibility index (Phi) is 4.97. The fourth-order valence-electron chi connectivity index (χ4n) is 1.32. The Hall–Kier alpha value is -1.06. The number of halogens is 2. The highest BCUT2D eigenvalue weighted by Gasteiger charge is 2.17. The molecule has 0 heterocycles. The third-order valence-corrected chi connectivity index (χ3v) is 3.13. The van der Waals surface area contributed by atoms with E-state index < -0.39 is 5.97 Å². The Labute approximate surface area is 110 Å². The summed E-state index contributed by atoms with van der Waals surface area (Å²) in [5.74, 6) is -0.922. The predicted molar refractivity (Wildman–Crippen MR) is 66.8 cm³/mol. The first-order chi connectivity index (χ1) is 7.97. The molecule has 0 atom stereocenters. The van der Waals surface area contributed by atoms with Crippen molar-refractivity contribution in [3.63, 3.8) is 0 Å². The monoisotopic (exact) mass is 274 g/mol. The molecule has 0 unspecified atom stereocenters. The van der Waals surface area contributed by atoms with Crippen LogP contribution in [-0.4, -0.2) is 18.4 Å². The van der Waals surface area contributed by atoms with E-state index in [1.807, 2.05) is 0 Å². The topological polar surface area (TPSA) is 43.4 Å². The summed E-state index contributed by atoms with van der Waals surface area (Å²) in [5, 5.41) is 0.773. The second-order valence-electron chi connectivity index (χ2n) is 3.44. The minimum atomic E-state index is -0.554. The van der Waals surface area contributed by atoms with Gasteiger partial charge in [0.2, 0.25) is 0 Å². The van der Waals surface area contributed by atoms with Gasteiger partial charge in [0.05, 0.1) is 11.6 Å². The number of carbonyl (C=O) groups excluding carboxylic acids is 2. The molecule has 5 heteroatoms. The standard InChI is InChI=1S/C12H12Cl2O3/c1-3-17-11(16)6-10(15)8-4-5-9(13)7(2)12(8)14/h4-5H,3,6H2,1-2H3. The lowest BCUT2D eigenvalue weighted by atomic mass is 10.1. The summed E-state index contributed by atoms with van der Waals surface area (Å²) in [6.07, 6.45) is -0.311. The maximum Gasteiger partial charge on any atom is 0.313 e. The van der Waals surface area contributed by atoms with Crippen LogP contribution in [0.25, 0.3) is 0 Å². The van der Waals surface area contributed by atoms with Crippen LogP contribution in [0.3, 0.4) is 0 Å². The van der Waals surface area contributed by atoms with Crippen molar-refractivity contribution in [2.75, 3.05) is 6.61 Å². The molecular formula is C12H12Cl2O3. The van der Waals surface area contributed by atoms with Gasteiger partial charge in [0, 0.05) is 10.6 Å². The lowest BCUT2D eigenvalue weighted by Crippen LogP contribution is -2.12. The molecule has 0 aliphatic heterocycles. The van der Waals surface area contributed by atoms with Crippen LogP contribution in [0.5, 0.6) is 0 Å². The van der Waals surface area contributed by atoms with Crippen molar-refractivity contribution in [2.24, 2.45) is 0 Å². The van der Waals surface area contributed by atoms with Gasteiger partial charge < -0.3 is 4.74 Å². The summed E-state index contributed by atoms with van der Waals surface area (Å²) in [4.78, 5) is 23.0. The van der Waals surface area contributed by atoms with E-state index in [2.05, 4.69) is 0 Å². The van der Waals surface area contributed by atoms with E-state index in [-0.39, 0.29) is 23.8 Å². The van der Waals surface area contributed by atoms with E-state index in [9.17, 15) is 9.59 Å². The maximum absolute atomic E-state index is 11.8. The summed E-state index contributed by atoms with van der Waals surface area (Å²) >= 11 is 11.9. The molecule has 0 aliphatic carbocycles. The molecule has 0 fully saturated rings. The first kappa shape index (κ1) is 14.0. The third kappa shape index (κ3) is 3.45. The summed E-state index contributed by atoms with van der Waals surface area (Å²) in [7, 11) is 0. The fraction of sp³-hybridized carbons (Fsp3) is 0.333. The predicted octanol–water partition coefficient (Wildman–Crippen LogP) is 3.44. The molecule has 92 valence electrons. The van der Waals surface area contributed by atoms with Gasteiger partial charge in [-0.25, -0.2) is 0 Å². The van der Waals surface area contributed by atoms with Crippen LogP contribution in [0.2, 0.25) is 10.0 Å². The van der Waals surface area contributed by atoms with Gasteiger partial charge in [0.15, 0.2) is 5.78 Å². The van der Waals surface area contributed by atoms with Crippen LogP contribution >= 0.6 is 23.2 Å². The normalized spacial score (nSPS) is 10.1. The minimum Gasteiger partial charge on any atom is -0.466 e. The van der Waals surface area contributed by atoms with E-state index in [0.29, 0.717) is 16.1 Å². The molecule has 0 spiro atoms. The molecule has 1 aromatic carbocycles. The Morgan fingerprint density at radius 2 is 1.94 bits per heavy atom. The second-order valence-corrected chi connectivity index (χ2v) is 4.22. The quantitative estimate of drug-likeness (QED) is 0.480. The maximum atomic E-state index is 11.8. The van der Waals surface area contributed by atoms with Crippen molar-refractivity contribution in [1.82, 2.24) is 0 Å². The number of Topliss-reactive ketones (excluding diaryl/α,β-unsaturated/α-hetero) is 1. The zero-order valence-corrected chi connectivity index (χ0v) is 11.1. The van der Waals surface area contributed by atoms with Crippen molar-refractivity contribution in [3.05, 3.63) is 33.3 Å². The number of hydrogen-bond donors (Lipinski definition) is 0. The van der Waals surface area contributed by atoms with E-state index >= 15 is 0 Å². The summed E-state index contributed by atoms with van der Waals surface area (Å²) in [6, 6.07) is 3.10. The SMILES string of the molecule is CCOC(=O)CC(=O)c1ccc(Cl)c(C)c1Cl. The van der Waals surface area contributed by atoms with Crippen LogP contribution in [0.1, 0.15) is 29.3 Å². The Morgan fingerprint density at radius 1 is 1.29 bits per heavy atom. The van der Waals surface area contributed by atoms with Gasteiger partial charge in [0.25, 0.3) is 0 Å². The van der Waals surface area contributed by atoms with E-state index in [4.69, 9.17) is 27.9 Å². The first-order valence-corrected chi connectivity index (χ1v) is 5.86. The highest BCUT2D eigenvalue weighted by atomic mass is 35.5.